The Morgan fingerprint density at radius 1 is 1.20 bits per heavy atom. The first-order valence-corrected chi connectivity index (χ1v) is 10.6. The predicted octanol–water partition coefficient (Wildman–Crippen LogP) is 4.35. The number of nitrogens with one attached hydrogen (secondary N) is 1. The van der Waals surface area contributed by atoms with Crippen molar-refractivity contribution in [2.24, 2.45) is 11.3 Å². The molecule has 0 spiro atoms. The predicted molar refractivity (Wildman–Crippen MR) is 118 cm³/mol. The summed E-state index contributed by atoms with van der Waals surface area (Å²) >= 11 is 1.12. The smallest absolute Gasteiger partial charge is 0.255 e. The van der Waals surface area contributed by atoms with Crippen molar-refractivity contribution in [1.29, 1.82) is 0 Å². The summed E-state index contributed by atoms with van der Waals surface area (Å²) < 4.78 is 14.3. The molecule has 2 heterocycles. The van der Waals surface area contributed by atoms with Gasteiger partial charge in [-0.25, -0.2) is 0 Å². The van der Waals surface area contributed by atoms with E-state index in [9.17, 15) is 9.59 Å². The normalized spacial score (nSPS) is 15.6. The van der Waals surface area contributed by atoms with E-state index in [1.54, 1.807) is 41.3 Å². The van der Waals surface area contributed by atoms with Crippen LogP contribution in [0.4, 0.5) is 11.4 Å². The van der Waals surface area contributed by atoms with Gasteiger partial charge in [0.25, 0.3) is 5.91 Å². The first kappa shape index (κ1) is 20.3. The van der Waals surface area contributed by atoms with E-state index < -0.39 is 5.41 Å². The van der Waals surface area contributed by atoms with Crippen molar-refractivity contribution >= 4 is 46.0 Å². The van der Waals surface area contributed by atoms with Crippen LogP contribution < -0.4 is 15.0 Å². The minimum absolute atomic E-state index is 0.0138. The molecule has 1 N–H and O–H groups in total. The van der Waals surface area contributed by atoms with Crippen LogP contribution in [0.15, 0.2) is 36.4 Å². The van der Waals surface area contributed by atoms with Crippen LogP contribution in [0.25, 0.3) is 11.0 Å². The summed E-state index contributed by atoms with van der Waals surface area (Å²) in [6.45, 7) is 8.80. The maximum atomic E-state index is 13.2. The van der Waals surface area contributed by atoms with E-state index in [1.807, 2.05) is 13.8 Å². The van der Waals surface area contributed by atoms with Gasteiger partial charge >= 0.3 is 0 Å². The average molecular weight is 425 g/mol. The monoisotopic (exact) mass is 424 g/mol. The van der Waals surface area contributed by atoms with Gasteiger partial charge in [0.05, 0.1) is 22.8 Å². The van der Waals surface area contributed by atoms with Crippen molar-refractivity contribution in [1.82, 2.24) is 8.75 Å². The highest BCUT2D eigenvalue weighted by Gasteiger charge is 2.38. The third kappa shape index (κ3) is 3.87. The molecule has 4 rings (SSSR count). The maximum Gasteiger partial charge on any atom is 0.255 e. The van der Waals surface area contributed by atoms with Gasteiger partial charge in [0.15, 0.2) is 0 Å². The van der Waals surface area contributed by atoms with Crippen molar-refractivity contribution in [2.45, 2.75) is 27.7 Å². The molecule has 156 valence electrons. The molecule has 0 aliphatic carbocycles. The number of anilines is 2. The molecule has 3 aromatic rings. The molecule has 7 nitrogen and oxygen atoms in total. The lowest BCUT2D eigenvalue weighted by atomic mass is 9.92. The van der Waals surface area contributed by atoms with Crippen LogP contribution in [-0.4, -0.2) is 33.7 Å². The van der Waals surface area contributed by atoms with Gasteiger partial charge in [0.2, 0.25) is 5.91 Å². The molecule has 2 amide bonds. The summed E-state index contributed by atoms with van der Waals surface area (Å²) in [6.07, 6.45) is 0. The minimum Gasteiger partial charge on any atom is -0.490 e. The van der Waals surface area contributed by atoms with Crippen molar-refractivity contribution in [3.63, 3.8) is 0 Å². The van der Waals surface area contributed by atoms with Crippen LogP contribution >= 0.6 is 11.7 Å². The van der Waals surface area contributed by atoms with Crippen LogP contribution in [0.2, 0.25) is 0 Å². The van der Waals surface area contributed by atoms with Gasteiger partial charge in [-0.1, -0.05) is 13.8 Å². The van der Waals surface area contributed by atoms with Crippen molar-refractivity contribution in [3.8, 4) is 5.75 Å². The minimum atomic E-state index is -0.631. The van der Waals surface area contributed by atoms with Crippen molar-refractivity contribution in [2.75, 3.05) is 23.4 Å². The zero-order valence-corrected chi connectivity index (χ0v) is 18.2. The second-order valence-corrected chi connectivity index (χ2v) is 9.11. The van der Waals surface area contributed by atoms with Crippen LogP contribution in [-0.2, 0) is 4.79 Å². The highest BCUT2D eigenvalue weighted by Crippen LogP contribution is 2.38. The largest absolute Gasteiger partial charge is 0.490 e. The molecule has 1 aliphatic rings. The third-order valence-corrected chi connectivity index (χ3v) is 5.54. The number of ether oxygens (including phenoxy) is 1. The summed E-state index contributed by atoms with van der Waals surface area (Å²) in [4.78, 5) is 27.7. The molecule has 2 aromatic carbocycles. The Morgan fingerprint density at radius 3 is 2.73 bits per heavy atom. The van der Waals surface area contributed by atoms with Gasteiger partial charge < -0.3 is 15.0 Å². The van der Waals surface area contributed by atoms with Gasteiger partial charge in [-0.2, -0.15) is 8.75 Å². The number of benzene rings is 2. The number of carbonyl (C=O) groups excluding carboxylic acids is 2. The number of aromatic nitrogens is 2. The lowest BCUT2D eigenvalue weighted by molar-refractivity contribution is -0.127. The summed E-state index contributed by atoms with van der Waals surface area (Å²) in [7, 11) is 0. The average Bonchev–Trinajstić information content (AvgIpc) is 3.15. The van der Waals surface area contributed by atoms with Crippen LogP contribution in [0.3, 0.4) is 0 Å². The number of rotatable bonds is 4. The summed E-state index contributed by atoms with van der Waals surface area (Å²) in [5.74, 6) is 0.691. The Bertz CT molecular complexity index is 1120. The number of fused-ring (bicyclic) bond motifs is 2. The van der Waals surface area contributed by atoms with Gasteiger partial charge in [0, 0.05) is 17.8 Å². The molecular weight excluding hydrogens is 400 g/mol. The molecule has 0 atom stereocenters. The van der Waals surface area contributed by atoms with E-state index in [1.165, 1.54) is 0 Å². The molecule has 1 aromatic heterocycles. The summed E-state index contributed by atoms with van der Waals surface area (Å²) in [5.41, 5.74) is 2.60. The number of hydrogen-bond acceptors (Lipinski definition) is 6. The third-order valence-electron chi connectivity index (χ3n) is 4.98. The Hall–Kier alpha value is -3.00. The molecule has 0 unspecified atom stereocenters. The second-order valence-electron chi connectivity index (χ2n) is 8.59. The molecule has 0 saturated carbocycles. The summed E-state index contributed by atoms with van der Waals surface area (Å²) in [5, 5.41) is 2.92. The quantitative estimate of drug-likeness (QED) is 0.673. The van der Waals surface area contributed by atoms with E-state index in [0.717, 1.165) is 17.2 Å². The van der Waals surface area contributed by atoms with Crippen molar-refractivity contribution < 1.29 is 14.3 Å². The summed E-state index contributed by atoms with van der Waals surface area (Å²) in [6, 6.07) is 10.6. The Morgan fingerprint density at radius 2 is 1.97 bits per heavy atom. The van der Waals surface area contributed by atoms with Crippen LogP contribution in [0.1, 0.15) is 38.1 Å². The molecular formula is C22H24N4O3S. The SMILES string of the molecule is CC(C)CN1C(=O)C(C)(C)COc2ccc(NC(=O)c3ccc4nsnc4c3)cc21. The van der Waals surface area contributed by atoms with Gasteiger partial charge in [-0.3, -0.25) is 9.59 Å². The van der Waals surface area contributed by atoms with E-state index in [0.29, 0.717) is 41.4 Å². The number of nitrogens with zero attached hydrogens (tertiary/aromatic N) is 3. The van der Waals surface area contributed by atoms with Gasteiger partial charge in [-0.15, -0.1) is 0 Å². The molecule has 1 aliphatic heterocycles. The first-order chi connectivity index (χ1) is 14.2. The highest BCUT2D eigenvalue weighted by molar-refractivity contribution is 7.00. The zero-order valence-electron chi connectivity index (χ0n) is 17.4. The molecule has 8 heteroatoms. The first-order valence-electron chi connectivity index (χ1n) is 9.87. The lowest BCUT2D eigenvalue weighted by Gasteiger charge is -2.29. The molecule has 0 fully saturated rings. The van der Waals surface area contributed by atoms with E-state index in [2.05, 4.69) is 27.9 Å². The van der Waals surface area contributed by atoms with Crippen LogP contribution in [0, 0.1) is 11.3 Å². The second kappa shape index (κ2) is 7.68. The fourth-order valence-electron chi connectivity index (χ4n) is 3.40. The topological polar surface area (TPSA) is 84.4 Å². The highest BCUT2D eigenvalue weighted by atomic mass is 32.1. The van der Waals surface area contributed by atoms with E-state index >= 15 is 0 Å². The van der Waals surface area contributed by atoms with Crippen molar-refractivity contribution in [3.05, 3.63) is 42.0 Å². The zero-order chi connectivity index (χ0) is 21.5. The lowest BCUT2D eigenvalue weighted by Crippen LogP contribution is -2.43. The molecule has 0 bridgehead atoms. The Balaban J connectivity index is 1.65. The number of hydrogen-bond donors (Lipinski definition) is 1. The fourth-order valence-corrected chi connectivity index (χ4v) is 3.91. The Kier molecular flexibility index (Phi) is 5.19. The van der Waals surface area contributed by atoms with Crippen LogP contribution in [0.5, 0.6) is 5.75 Å². The Labute approximate surface area is 179 Å². The maximum absolute atomic E-state index is 13.2. The number of amides is 2. The van der Waals surface area contributed by atoms with E-state index in [-0.39, 0.29) is 17.7 Å². The van der Waals surface area contributed by atoms with Gasteiger partial charge in [0.1, 0.15) is 23.4 Å². The molecule has 30 heavy (non-hydrogen) atoms. The standard InChI is InChI=1S/C22H24N4O3S/c1-13(2)11-26-18-10-15(6-8-19(18)29-12-22(3,4)21(26)28)23-20(27)14-5-7-16-17(9-14)25-30-24-16/h5-10,13H,11-12H2,1-4H3,(H,23,27). The molecule has 0 radical (unpaired) electrons. The van der Waals surface area contributed by atoms with Gasteiger partial charge in [-0.05, 0) is 56.2 Å². The fraction of sp³-hybridized carbons (Fsp3) is 0.364. The van der Waals surface area contributed by atoms with E-state index in [4.69, 9.17) is 4.74 Å². The number of carbonyl (C=O) groups is 2. The molecule has 0 saturated heterocycles.